The molecule has 0 bridgehead atoms. The van der Waals surface area contributed by atoms with Crippen LogP contribution in [-0.4, -0.2) is 40.3 Å². The molecule has 0 unspecified atom stereocenters. The Kier molecular flexibility index (Phi) is 4.37. The Labute approximate surface area is 137 Å². The smallest absolute Gasteiger partial charge is 0.261 e. The number of rotatable bonds is 5. The molecule has 2 N–H and O–H groups in total. The number of carbonyl (C=O) groups excluding carboxylic acids is 1. The normalized spacial score (nSPS) is 10.2. The lowest BCUT2D eigenvalue weighted by Crippen LogP contribution is -2.14. The highest BCUT2D eigenvalue weighted by atomic mass is 16.5. The number of nitrogens with zero attached hydrogens (tertiary/aromatic N) is 3. The number of hydrogen-bond acceptors (Lipinski definition) is 6. The SMILES string of the molecule is COc1cc(OC)c(C(=O)Nc2cn[nH]c2-c2ccccn2)cn1. The molecule has 0 aromatic carbocycles. The number of carbonyl (C=O) groups is 1. The van der Waals surface area contributed by atoms with Crippen molar-refractivity contribution in [3.8, 4) is 23.0 Å². The van der Waals surface area contributed by atoms with Crippen molar-refractivity contribution < 1.29 is 14.3 Å². The van der Waals surface area contributed by atoms with Gasteiger partial charge < -0.3 is 14.8 Å². The first-order chi connectivity index (χ1) is 11.7. The molecule has 0 aliphatic heterocycles. The van der Waals surface area contributed by atoms with Crippen LogP contribution in [0.4, 0.5) is 5.69 Å². The number of hydrogen-bond donors (Lipinski definition) is 2. The molecule has 24 heavy (non-hydrogen) atoms. The Balaban J connectivity index is 1.88. The number of amides is 1. The van der Waals surface area contributed by atoms with Crippen molar-refractivity contribution in [2.45, 2.75) is 0 Å². The summed E-state index contributed by atoms with van der Waals surface area (Å²) in [7, 11) is 2.97. The molecule has 1 amide bonds. The van der Waals surface area contributed by atoms with Crippen molar-refractivity contribution in [2.24, 2.45) is 0 Å². The molecular weight excluding hydrogens is 310 g/mol. The molecule has 0 atom stereocenters. The number of aromatic amines is 1. The maximum absolute atomic E-state index is 12.5. The molecule has 0 radical (unpaired) electrons. The van der Waals surface area contributed by atoms with E-state index in [-0.39, 0.29) is 11.5 Å². The second-order valence-corrected chi connectivity index (χ2v) is 4.75. The fraction of sp³-hybridized carbons (Fsp3) is 0.125. The van der Waals surface area contributed by atoms with Crippen molar-refractivity contribution >= 4 is 11.6 Å². The summed E-state index contributed by atoms with van der Waals surface area (Å²) >= 11 is 0. The van der Waals surface area contributed by atoms with Crippen molar-refractivity contribution in [1.29, 1.82) is 0 Å². The zero-order valence-electron chi connectivity index (χ0n) is 13.1. The summed E-state index contributed by atoms with van der Waals surface area (Å²) in [5, 5.41) is 9.58. The molecule has 0 aliphatic rings. The fourth-order valence-electron chi connectivity index (χ4n) is 2.15. The predicted octanol–water partition coefficient (Wildman–Crippen LogP) is 2.14. The molecule has 0 fully saturated rings. The average molecular weight is 325 g/mol. The van der Waals surface area contributed by atoms with Crippen LogP contribution < -0.4 is 14.8 Å². The van der Waals surface area contributed by atoms with Crippen LogP contribution in [0.2, 0.25) is 0 Å². The van der Waals surface area contributed by atoms with Crippen LogP contribution in [0.3, 0.4) is 0 Å². The second kappa shape index (κ2) is 6.78. The van der Waals surface area contributed by atoms with Crippen molar-refractivity contribution in [3.05, 3.63) is 48.4 Å². The first kappa shape index (κ1) is 15.5. The molecule has 0 saturated heterocycles. The monoisotopic (exact) mass is 325 g/mol. The third-order valence-electron chi connectivity index (χ3n) is 3.32. The molecule has 122 valence electrons. The number of ether oxygens (including phenoxy) is 2. The number of pyridine rings is 2. The van der Waals surface area contributed by atoms with Gasteiger partial charge >= 0.3 is 0 Å². The summed E-state index contributed by atoms with van der Waals surface area (Å²) in [6, 6.07) is 7.03. The minimum absolute atomic E-state index is 0.284. The van der Waals surface area contributed by atoms with Gasteiger partial charge in [-0.15, -0.1) is 0 Å². The van der Waals surface area contributed by atoms with Crippen LogP contribution in [-0.2, 0) is 0 Å². The Bertz CT molecular complexity index is 848. The predicted molar refractivity (Wildman–Crippen MR) is 87.1 cm³/mol. The van der Waals surface area contributed by atoms with Gasteiger partial charge in [-0.05, 0) is 12.1 Å². The van der Waals surface area contributed by atoms with Gasteiger partial charge in [-0.1, -0.05) is 6.07 Å². The molecule has 0 aliphatic carbocycles. The highest BCUT2D eigenvalue weighted by Crippen LogP contribution is 2.26. The van der Waals surface area contributed by atoms with E-state index >= 15 is 0 Å². The minimum atomic E-state index is -0.374. The summed E-state index contributed by atoms with van der Waals surface area (Å²) in [5.74, 6) is 0.351. The van der Waals surface area contributed by atoms with E-state index in [2.05, 4.69) is 25.5 Å². The quantitative estimate of drug-likeness (QED) is 0.745. The Morgan fingerprint density at radius 3 is 2.75 bits per heavy atom. The summed E-state index contributed by atoms with van der Waals surface area (Å²) < 4.78 is 10.3. The van der Waals surface area contributed by atoms with Crippen LogP contribution in [0.1, 0.15) is 10.4 Å². The van der Waals surface area contributed by atoms with Gasteiger partial charge in [-0.25, -0.2) is 4.98 Å². The summed E-state index contributed by atoms with van der Waals surface area (Å²) in [4.78, 5) is 20.8. The van der Waals surface area contributed by atoms with E-state index < -0.39 is 0 Å². The second-order valence-electron chi connectivity index (χ2n) is 4.75. The highest BCUT2D eigenvalue weighted by molar-refractivity contribution is 6.07. The lowest BCUT2D eigenvalue weighted by molar-refractivity contribution is 0.102. The molecule has 0 saturated carbocycles. The van der Waals surface area contributed by atoms with Gasteiger partial charge in [0.15, 0.2) is 0 Å². The highest BCUT2D eigenvalue weighted by Gasteiger charge is 2.17. The Hall–Kier alpha value is -3.42. The third kappa shape index (κ3) is 3.02. The fourth-order valence-corrected chi connectivity index (χ4v) is 2.15. The molecule has 8 nitrogen and oxygen atoms in total. The van der Waals surface area contributed by atoms with E-state index in [1.165, 1.54) is 26.6 Å². The van der Waals surface area contributed by atoms with Crippen molar-refractivity contribution in [1.82, 2.24) is 20.2 Å². The summed E-state index contributed by atoms with van der Waals surface area (Å²) in [6.07, 6.45) is 4.58. The maximum Gasteiger partial charge on any atom is 0.261 e. The van der Waals surface area contributed by atoms with Gasteiger partial charge in [-0.2, -0.15) is 5.10 Å². The van der Waals surface area contributed by atoms with Crippen LogP contribution in [0.5, 0.6) is 11.6 Å². The van der Waals surface area contributed by atoms with Crippen molar-refractivity contribution in [2.75, 3.05) is 19.5 Å². The van der Waals surface area contributed by atoms with Gasteiger partial charge in [0.05, 0.1) is 31.8 Å². The van der Waals surface area contributed by atoms with E-state index in [1.54, 1.807) is 12.3 Å². The molecule has 3 aromatic rings. The van der Waals surface area contributed by atoms with Crippen LogP contribution in [0, 0.1) is 0 Å². The van der Waals surface area contributed by atoms with E-state index in [0.29, 0.717) is 28.7 Å². The van der Waals surface area contributed by atoms with Crippen LogP contribution in [0.25, 0.3) is 11.4 Å². The third-order valence-corrected chi connectivity index (χ3v) is 3.32. The largest absolute Gasteiger partial charge is 0.496 e. The molecule has 3 heterocycles. The number of H-pyrrole nitrogens is 1. The first-order valence-electron chi connectivity index (χ1n) is 7.07. The Morgan fingerprint density at radius 1 is 1.17 bits per heavy atom. The lowest BCUT2D eigenvalue weighted by Gasteiger charge is -2.10. The molecular formula is C16H15N5O3. The van der Waals surface area contributed by atoms with Gasteiger partial charge in [0.1, 0.15) is 17.0 Å². The lowest BCUT2D eigenvalue weighted by atomic mass is 10.2. The summed E-state index contributed by atoms with van der Waals surface area (Å²) in [6.45, 7) is 0. The van der Waals surface area contributed by atoms with Gasteiger partial charge in [0, 0.05) is 18.5 Å². The number of aromatic nitrogens is 4. The zero-order chi connectivity index (χ0) is 16.9. The molecule has 3 aromatic heterocycles. The van der Waals surface area contributed by atoms with Gasteiger partial charge in [-0.3, -0.25) is 14.9 Å². The van der Waals surface area contributed by atoms with Crippen molar-refractivity contribution in [3.63, 3.8) is 0 Å². The molecule has 0 spiro atoms. The number of anilines is 1. The molecule has 8 heteroatoms. The number of methoxy groups -OCH3 is 2. The van der Waals surface area contributed by atoms with E-state index in [9.17, 15) is 4.79 Å². The molecule has 3 rings (SSSR count). The van der Waals surface area contributed by atoms with E-state index in [1.807, 2.05) is 18.2 Å². The summed E-state index contributed by atoms with van der Waals surface area (Å²) in [5.41, 5.74) is 2.08. The maximum atomic E-state index is 12.5. The van der Waals surface area contributed by atoms with Gasteiger partial charge in [0.25, 0.3) is 5.91 Å². The zero-order valence-corrected chi connectivity index (χ0v) is 13.1. The minimum Gasteiger partial charge on any atom is -0.496 e. The Morgan fingerprint density at radius 2 is 2.04 bits per heavy atom. The first-order valence-corrected chi connectivity index (χ1v) is 7.07. The van der Waals surface area contributed by atoms with Crippen LogP contribution >= 0.6 is 0 Å². The number of nitrogens with one attached hydrogen (secondary N) is 2. The average Bonchev–Trinajstić information content (AvgIpc) is 3.09. The van der Waals surface area contributed by atoms with Crippen LogP contribution in [0.15, 0.2) is 42.9 Å². The van der Waals surface area contributed by atoms with E-state index in [0.717, 1.165) is 0 Å². The standard InChI is InChI=1S/C16H15N5O3/c1-23-13-7-14(24-2)18-8-10(13)16(22)20-12-9-19-21-15(12)11-5-3-4-6-17-11/h3-9H,1-2H3,(H,19,21)(H,20,22). The van der Waals surface area contributed by atoms with E-state index in [4.69, 9.17) is 9.47 Å². The van der Waals surface area contributed by atoms with Gasteiger partial charge in [0.2, 0.25) is 5.88 Å². The topological polar surface area (TPSA) is 102 Å².